The Morgan fingerprint density at radius 1 is 0.333 bits per heavy atom. The summed E-state index contributed by atoms with van der Waals surface area (Å²) in [6, 6.07) is 52.6. The van der Waals surface area contributed by atoms with Crippen LogP contribution in [0.2, 0.25) is 0 Å². The quantitative estimate of drug-likeness (QED) is 0.229. The minimum absolute atomic E-state index is 0.834. The normalized spacial score (nSPS) is 11.7. The fraction of sp³-hybridized carbons (Fsp3) is 0.0270. The van der Waals surface area contributed by atoms with E-state index in [0.717, 1.165) is 6.42 Å². The van der Waals surface area contributed by atoms with Gasteiger partial charge in [0.1, 0.15) is 0 Å². The molecule has 0 bridgehead atoms. The molecule has 8 aromatic rings. The van der Waals surface area contributed by atoms with Gasteiger partial charge >= 0.3 is 0 Å². The Bertz CT molecular complexity index is 1970. The summed E-state index contributed by atoms with van der Waals surface area (Å²) in [5, 5.41) is 5.16. The Labute approximate surface area is 227 Å². The molecule has 0 aliphatic rings. The molecule has 184 valence electrons. The van der Waals surface area contributed by atoms with Gasteiger partial charge in [0.05, 0.1) is 22.1 Å². The van der Waals surface area contributed by atoms with Crippen molar-refractivity contribution in [2.75, 3.05) is 0 Å². The van der Waals surface area contributed by atoms with Gasteiger partial charge in [0.2, 0.25) is 0 Å². The number of hydrogen-bond donors (Lipinski definition) is 0. The summed E-state index contributed by atoms with van der Waals surface area (Å²) in [5.74, 6) is 0. The second-order valence-corrected chi connectivity index (χ2v) is 10.2. The number of rotatable bonds is 4. The highest BCUT2D eigenvalue weighted by Gasteiger charge is 2.19. The Hall–Kier alpha value is -5.08. The van der Waals surface area contributed by atoms with Crippen molar-refractivity contribution in [3.8, 4) is 11.4 Å². The average Bonchev–Trinajstić information content (AvgIpc) is 3.53. The Balaban J connectivity index is 1.43. The molecule has 0 aliphatic carbocycles. The van der Waals surface area contributed by atoms with Gasteiger partial charge in [0, 0.05) is 39.3 Å². The third-order valence-electron chi connectivity index (χ3n) is 7.97. The van der Waals surface area contributed by atoms with E-state index in [4.69, 9.17) is 0 Å². The van der Waals surface area contributed by atoms with Crippen molar-refractivity contribution in [1.29, 1.82) is 0 Å². The monoisotopic (exact) mass is 498 g/mol. The molecule has 2 heteroatoms. The standard InChI is InChI=1S/C37H26N2/c1-3-15-28(16-4-1)38-34-23-9-7-19-30(34)32-21-11-13-26(36(32)38)25-27-14-12-22-33-31-20-8-10-24-35(31)39(37(27)33)29-17-5-2-6-18-29/h1-24H,25H2. The molecular weight excluding hydrogens is 472 g/mol. The van der Waals surface area contributed by atoms with E-state index >= 15 is 0 Å². The lowest BCUT2D eigenvalue weighted by Crippen LogP contribution is -2.00. The van der Waals surface area contributed by atoms with Crippen LogP contribution >= 0.6 is 0 Å². The van der Waals surface area contributed by atoms with Gasteiger partial charge in [-0.05, 0) is 47.5 Å². The van der Waals surface area contributed by atoms with Gasteiger partial charge in [0.15, 0.2) is 0 Å². The van der Waals surface area contributed by atoms with Gasteiger partial charge in [-0.1, -0.05) is 109 Å². The smallest absolute Gasteiger partial charge is 0.0576 e. The van der Waals surface area contributed by atoms with Crippen LogP contribution in [0.5, 0.6) is 0 Å². The SMILES string of the molecule is c1ccc(-n2c3ccccc3c3cccc(Cc4cccc5c6ccccc6n(-c6ccccc6)c45)c32)cc1. The molecular formula is C37H26N2. The van der Waals surface area contributed by atoms with Crippen LogP contribution in [0.4, 0.5) is 0 Å². The third-order valence-corrected chi connectivity index (χ3v) is 7.97. The lowest BCUT2D eigenvalue weighted by Gasteiger charge is -2.14. The molecule has 6 aromatic carbocycles. The first-order valence-electron chi connectivity index (χ1n) is 13.5. The molecule has 0 N–H and O–H groups in total. The summed E-state index contributed by atoms with van der Waals surface area (Å²) in [4.78, 5) is 0. The van der Waals surface area contributed by atoms with E-state index in [0.29, 0.717) is 0 Å². The second kappa shape index (κ2) is 8.75. The lowest BCUT2D eigenvalue weighted by atomic mass is 9.99. The van der Waals surface area contributed by atoms with E-state index in [9.17, 15) is 0 Å². The average molecular weight is 499 g/mol. The summed E-state index contributed by atoms with van der Waals surface area (Å²) in [7, 11) is 0. The highest BCUT2D eigenvalue weighted by molar-refractivity contribution is 6.12. The second-order valence-electron chi connectivity index (χ2n) is 10.2. The highest BCUT2D eigenvalue weighted by atomic mass is 15.0. The maximum Gasteiger partial charge on any atom is 0.0576 e. The van der Waals surface area contributed by atoms with E-state index in [2.05, 4.69) is 155 Å². The van der Waals surface area contributed by atoms with Crippen LogP contribution in [0.3, 0.4) is 0 Å². The first-order chi connectivity index (χ1) is 19.4. The molecule has 0 spiro atoms. The Morgan fingerprint density at radius 3 is 1.18 bits per heavy atom. The molecule has 2 aromatic heterocycles. The Kier molecular flexibility index (Phi) is 4.92. The van der Waals surface area contributed by atoms with Gasteiger partial charge in [-0.25, -0.2) is 0 Å². The van der Waals surface area contributed by atoms with Crippen LogP contribution in [0.1, 0.15) is 11.1 Å². The molecule has 0 atom stereocenters. The molecule has 0 saturated carbocycles. The number of aromatic nitrogens is 2. The molecule has 0 unspecified atom stereocenters. The molecule has 0 aliphatic heterocycles. The predicted molar refractivity (Wildman–Crippen MR) is 164 cm³/mol. The van der Waals surface area contributed by atoms with Crippen LogP contribution in [-0.4, -0.2) is 9.13 Å². The van der Waals surface area contributed by atoms with Gasteiger partial charge in [0.25, 0.3) is 0 Å². The predicted octanol–water partition coefficient (Wildman–Crippen LogP) is 9.47. The maximum absolute atomic E-state index is 2.44. The first-order valence-corrected chi connectivity index (χ1v) is 13.5. The van der Waals surface area contributed by atoms with Crippen molar-refractivity contribution in [1.82, 2.24) is 9.13 Å². The summed E-state index contributed by atoms with van der Waals surface area (Å²) in [6.45, 7) is 0. The van der Waals surface area contributed by atoms with E-state index in [1.807, 2.05) is 0 Å². The topological polar surface area (TPSA) is 9.86 Å². The van der Waals surface area contributed by atoms with Crippen LogP contribution in [-0.2, 0) is 6.42 Å². The van der Waals surface area contributed by atoms with Crippen molar-refractivity contribution >= 4 is 43.6 Å². The van der Waals surface area contributed by atoms with Crippen molar-refractivity contribution in [2.45, 2.75) is 6.42 Å². The molecule has 2 heterocycles. The largest absolute Gasteiger partial charge is 0.309 e. The summed E-state index contributed by atoms with van der Waals surface area (Å²) >= 11 is 0. The maximum atomic E-state index is 2.44. The van der Waals surface area contributed by atoms with E-state index in [1.165, 1.54) is 66.1 Å². The molecule has 8 rings (SSSR count). The zero-order chi connectivity index (χ0) is 25.8. The molecule has 0 fully saturated rings. The minimum Gasteiger partial charge on any atom is -0.309 e. The molecule has 2 nitrogen and oxygen atoms in total. The number of benzene rings is 6. The zero-order valence-corrected chi connectivity index (χ0v) is 21.5. The van der Waals surface area contributed by atoms with Gasteiger partial charge < -0.3 is 9.13 Å². The van der Waals surface area contributed by atoms with Gasteiger partial charge in [-0.3, -0.25) is 0 Å². The van der Waals surface area contributed by atoms with Crippen LogP contribution in [0.25, 0.3) is 55.0 Å². The number of hydrogen-bond acceptors (Lipinski definition) is 0. The molecule has 0 radical (unpaired) electrons. The number of fused-ring (bicyclic) bond motifs is 6. The fourth-order valence-electron chi connectivity index (χ4n) is 6.36. The first kappa shape index (κ1) is 22.0. The zero-order valence-electron chi connectivity index (χ0n) is 21.5. The van der Waals surface area contributed by atoms with Gasteiger partial charge in [-0.15, -0.1) is 0 Å². The summed E-state index contributed by atoms with van der Waals surface area (Å²) in [5.41, 5.74) is 10.1. The van der Waals surface area contributed by atoms with Crippen LogP contribution in [0, 0.1) is 0 Å². The van der Waals surface area contributed by atoms with Crippen LogP contribution in [0.15, 0.2) is 146 Å². The Morgan fingerprint density at radius 2 is 0.718 bits per heavy atom. The van der Waals surface area contributed by atoms with E-state index in [-0.39, 0.29) is 0 Å². The number of nitrogens with zero attached hydrogens (tertiary/aromatic N) is 2. The van der Waals surface area contributed by atoms with E-state index in [1.54, 1.807) is 0 Å². The van der Waals surface area contributed by atoms with Crippen molar-refractivity contribution in [2.24, 2.45) is 0 Å². The fourth-order valence-corrected chi connectivity index (χ4v) is 6.36. The third kappa shape index (κ3) is 3.35. The minimum atomic E-state index is 0.834. The summed E-state index contributed by atoms with van der Waals surface area (Å²) in [6.07, 6.45) is 0.834. The molecule has 0 saturated heterocycles. The highest BCUT2D eigenvalue weighted by Crippen LogP contribution is 2.38. The summed E-state index contributed by atoms with van der Waals surface area (Å²) < 4.78 is 4.87. The van der Waals surface area contributed by atoms with Crippen molar-refractivity contribution < 1.29 is 0 Å². The van der Waals surface area contributed by atoms with Crippen LogP contribution < -0.4 is 0 Å². The number of para-hydroxylation sites is 6. The van der Waals surface area contributed by atoms with E-state index < -0.39 is 0 Å². The molecule has 0 amide bonds. The van der Waals surface area contributed by atoms with Gasteiger partial charge in [-0.2, -0.15) is 0 Å². The molecule has 39 heavy (non-hydrogen) atoms. The van der Waals surface area contributed by atoms with Crippen molar-refractivity contribution in [3.05, 3.63) is 157 Å². The lowest BCUT2D eigenvalue weighted by molar-refractivity contribution is 1.11. The van der Waals surface area contributed by atoms with Crippen molar-refractivity contribution in [3.63, 3.8) is 0 Å².